The van der Waals surface area contributed by atoms with Gasteiger partial charge >= 0.3 is 0 Å². The van der Waals surface area contributed by atoms with Gasteiger partial charge in [0, 0.05) is 6.61 Å². The third-order valence-electron chi connectivity index (χ3n) is 2.21. The summed E-state index contributed by atoms with van der Waals surface area (Å²) < 4.78 is 5.57. The molecule has 2 atom stereocenters. The Morgan fingerprint density at radius 1 is 1.58 bits per heavy atom. The Labute approximate surface area is 79.7 Å². The van der Waals surface area contributed by atoms with Crippen LogP contribution in [0.2, 0.25) is 0 Å². The number of hydrogen-bond donors (Lipinski definition) is 0. The summed E-state index contributed by atoms with van der Waals surface area (Å²) in [6, 6.07) is 0. The van der Waals surface area contributed by atoms with Crippen LogP contribution < -0.4 is 0 Å². The maximum Gasteiger partial charge on any atom is 0.0741 e. The fourth-order valence-corrected chi connectivity index (χ4v) is 1.85. The summed E-state index contributed by atoms with van der Waals surface area (Å²) in [5.41, 5.74) is 0. The molecule has 0 amide bonds. The highest BCUT2D eigenvalue weighted by Gasteiger charge is 2.22. The van der Waals surface area contributed by atoms with Crippen molar-refractivity contribution in [1.29, 1.82) is 0 Å². The molecule has 0 bridgehead atoms. The Morgan fingerprint density at radius 2 is 2.42 bits per heavy atom. The van der Waals surface area contributed by atoms with E-state index in [1.165, 1.54) is 0 Å². The molecule has 0 N–H and O–H groups in total. The molecule has 1 nitrogen and oxygen atoms in total. The molecule has 1 heterocycles. The Bertz CT molecular complexity index is 145. The predicted octanol–water partition coefficient (Wildman–Crippen LogP) is 3.13. The van der Waals surface area contributed by atoms with Crippen molar-refractivity contribution in [1.82, 2.24) is 0 Å². The van der Waals surface area contributed by atoms with Crippen LogP contribution in [0, 0.1) is 0 Å². The normalized spacial score (nSPS) is 31.2. The molecule has 0 spiro atoms. The van der Waals surface area contributed by atoms with Crippen LogP contribution in [0.5, 0.6) is 0 Å². The van der Waals surface area contributed by atoms with Gasteiger partial charge in [-0.05, 0) is 32.6 Å². The number of allylic oxidation sites excluding steroid dienone is 2. The van der Waals surface area contributed by atoms with E-state index in [9.17, 15) is 0 Å². The molecule has 0 aromatic carbocycles. The fraction of sp³-hybridized carbons (Fsp3) is 0.800. The van der Waals surface area contributed by atoms with E-state index < -0.39 is 0 Å². The van der Waals surface area contributed by atoms with Crippen molar-refractivity contribution in [2.45, 2.75) is 44.1 Å². The van der Waals surface area contributed by atoms with Crippen molar-refractivity contribution in [3.05, 3.63) is 12.2 Å². The summed E-state index contributed by atoms with van der Waals surface area (Å²) in [6.45, 7) is 2.93. The van der Waals surface area contributed by atoms with E-state index in [0.717, 1.165) is 32.3 Å². The predicted molar refractivity (Wildman–Crippen MR) is 52.7 cm³/mol. The lowest BCUT2D eigenvalue weighted by Gasteiger charge is -2.27. The van der Waals surface area contributed by atoms with Crippen molar-refractivity contribution in [3.63, 3.8) is 0 Å². The Morgan fingerprint density at radius 3 is 3.08 bits per heavy atom. The maximum absolute atomic E-state index is 6.11. The van der Waals surface area contributed by atoms with Gasteiger partial charge in [-0.2, -0.15) is 0 Å². The summed E-state index contributed by atoms with van der Waals surface area (Å²) in [7, 11) is 0. The maximum atomic E-state index is 6.11. The summed E-state index contributed by atoms with van der Waals surface area (Å²) in [5, 5.41) is 0.240. The van der Waals surface area contributed by atoms with E-state index in [-0.39, 0.29) is 11.5 Å². The van der Waals surface area contributed by atoms with Crippen molar-refractivity contribution < 1.29 is 4.74 Å². The Kier molecular flexibility index (Phi) is 4.70. The van der Waals surface area contributed by atoms with Crippen LogP contribution in [0.3, 0.4) is 0 Å². The molecule has 1 aliphatic heterocycles. The SMILES string of the molecule is C/C=C/CCC1OCCCC1Cl. The first-order chi connectivity index (χ1) is 5.84. The monoisotopic (exact) mass is 188 g/mol. The van der Waals surface area contributed by atoms with Gasteiger partial charge in [0.2, 0.25) is 0 Å². The zero-order chi connectivity index (χ0) is 8.81. The zero-order valence-corrected chi connectivity index (χ0v) is 8.39. The average molecular weight is 189 g/mol. The van der Waals surface area contributed by atoms with Crippen LogP contribution in [0.1, 0.15) is 32.6 Å². The Hall–Kier alpha value is -0.0100. The van der Waals surface area contributed by atoms with Crippen LogP contribution in [0.15, 0.2) is 12.2 Å². The molecule has 1 rings (SSSR count). The molecule has 0 aliphatic carbocycles. The molecule has 0 aromatic heterocycles. The quantitative estimate of drug-likeness (QED) is 0.489. The number of halogens is 1. The third-order valence-corrected chi connectivity index (χ3v) is 2.71. The van der Waals surface area contributed by atoms with Gasteiger partial charge in [0.05, 0.1) is 11.5 Å². The first-order valence-corrected chi connectivity index (χ1v) is 5.15. The lowest BCUT2D eigenvalue weighted by molar-refractivity contribution is 0.0152. The highest BCUT2D eigenvalue weighted by atomic mass is 35.5. The summed E-state index contributed by atoms with van der Waals surface area (Å²) in [6.07, 6.45) is 8.92. The van der Waals surface area contributed by atoms with Crippen molar-refractivity contribution in [2.24, 2.45) is 0 Å². The van der Waals surface area contributed by atoms with E-state index in [2.05, 4.69) is 12.2 Å². The largest absolute Gasteiger partial charge is 0.377 e. The van der Waals surface area contributed by atoms with E-state index in [1.54, 1.807) is 0 Å². The molecular weight excluding hydrogens is 172 g/mol. The van der Waals surface area contributed by atoms with Crippen LogP contribution in [-0.4, -0.2) is 18.1 Å². The molecule has 0 saturated carbocycles. The van der Waals surface area contributed by atoms with Gasteiger partial charge in [-0.1, -0.05) is 12.2 Å². The first kappa shape index (κ1) is 10.1. The molecule has 0 radical (unpaired) electrons. The van der Waals surface area contributed by atoms with Gasteiger partial charge in [-0.3, -0.25) is 0 Å². The van der Waals surface area contributed by atoms with Crippen LogP contribution >= 0.6 is 11.6 Å². The van der Waals surface area contributed by atoms with Gasteiger partial charge in [-0.25, -0.2) is 0 Å². The molecule has 12 heavy (non-hydrogen) atoms. The summed E-state index contributed by atoms with van der Waals surface area (Å²) >= 11 is 6.11. The van der Waals surface area contributed by atoms with E-state index in [1.807, 2.05) is 6.92 Å². The average Bonchev–Trinajstić information content (AvgIpc) is 2.09. The van der Waals surface area contributed by atoms with Crippen LogP contribution in [-0.2, 0) is 4.74 Å². The molecule has 1 saturated heterocycles. The first-order valence-electron chi connectivity index (χ1n) is 4.71. The molecule has 1 fully saturated rings. The second-order valence-corrected chi connectivity index (χ2v) is 3.77. The van der Waals surface area contributed by atoms with Gasteiger partial charge in [-0.15, -0.1) is 11.6 Å². The van der Waals surface area contributed by atoms with Gasteiger partial charge < -0.3 is 4.74 Å². The fourth-order valence-electron chi connectivity index (χ4n) is 1.49. The number of ether oxygens (including phenoxy) is 1. The van der Waals surface area contributed by atoms with E-state index >= 15 is 0 Å². The van der Waals surface area contributed by atoms with Gasteiger partial charge in [0.25, 0.3) is 0 Å². The van der Waals surface area contributed by atoms with Crippen LogP contribution in [0.4, 0.5) is 0 Å². The van der Waals surface area contributed by atoms with E-state index in [4.69, 9.17) is 16.3 Å². The second kappa shape index (κ2) is 5.60. The number of rotatable bonds is 3. The minimum atomic E-state index is 0.240. The van der Waals surface area contributed by atoms with Crippen LogP contribution in [0.25, 0.3) is 0 Å². The highest BCUT2D eigenvalue weighted by molar-refractivity contribution is 6.21. The second-order valence-electron chi connectivity index (χ2n) is 3.21. The standard InChI is InChI=1S/C10H17ClO/c1-2-3-4-7-10-9(11)6-5-8-12-10/h2-3,9-10H,4-8H2,1H3/b3-2+. The molecule has 2 heteroatoms. The van der Waals surface area contributed by atoms with Crippen molar-refractivity contribution in [2.75, 3.05) is 6.61 Å². The molecule has 2 unspecified atom stereocenters. The minimum absolute atomic E-state index is 0.240. The lowest BCUT2D eigenvalue weighted by Crippen LogP contribution is -2.29. The molecule has 70 valence electrons. The number of alkyl halides is 1. The zero-order valence-electron chi connectivity index (χ0n) is 7.63. The van der Waals surface area contributed by atoms with Crippen molar-refractivity contribution in [3.8, 4) is 0 Å². The Balaban J connectivity index is 2.20. The van der Waals surface area contributed by atoms with E-state index in [0.29, 0.717) is 0 Å². The molecule has 0 aromatic rings. The van der Waals surface area contributed by atoms with Gasteiger partial charge in [0.1, 0.15) is 0 Å². The topological polar surface area (TPSA) is 9.23 Å². The summed E-state index contributed by atoms with van der Waals surface area (Å²) in [4.78, 5) is 0. The lowest BCUT2D eigenvalue weighted by atomic mass is 10.0. The smallest absolute Gasteiger partial charge is 0.0741 e. The minimum Gasteiger partial charge on any atom is -0.377 e. The number of hydrogen-bond acceptors (Lipinski definition) is 1. The highest BCUT2D eigenvalue weighted by Crippen LogP contribution is 2.22. The summed E-state index contributed by atoms with van der Waals surface area (Å²) in [5.74, 6) is 0. The molecular formula is C10H17ClO. The molecule has 1 aliphatic rings. The third kappa shape index (κ3) is 3.16. The van der Waals surface area contributed by atoms with Crippen molar-refractivity contribution >= 4 is 11.6 Å². The van der Waals surface area contributed by atoms with Gasteiger partial charge in [0.15, 0.2) is 0 Å².